The van der Waals surface area contributed by atoms with E-state index in [1.807, 2.05) is 4.90 Å². The number of carbonyl (C=O) groups is 4. The topological polar surface area (TPSA) is 105 Å². The molecule has 3 rings (SSSR count). The maximum Gasteiger partial charge on any atom is 0.311 e. The predicted octanol–water partition coefficient (Wildman–Crippen LogP) is 1.66. The van der Waals surface area contributed by atoms with E-state index in [4.69, 9.17) is 4.74 Å². The molecule has 1 heterocycles. The van der Waals surface area contributed by atoms with Gasteiger partial charge in [0.2, 0.25) is 5.91 Å². The van der Waals surface area contributed by atoms with E-state index in [-0.39, 0.29) is 18.4 Å². The Kier molecular flexibility index (Phi) is 7.07. The summed E-state index contributed by atoms with van der Waals surface area (Å²) in [4.78, 5) is 50.4. The first-order valence-corrected chi connectivity index (χ1v) is 10.5. The number of rotatable bonds is 5. The van der Waals surface area contributed by atoms with E-state index in [1.54, 1.807) is 30.3 Å². The highest BCUT2D eigenvalue weighted by Gasteiger charge is 2.42. The summed E-state index contributed by atoms with van der Waals surface area (Å²) in [5, 5.41) is 0. The number of ether oxygens (including phenoxy) is 1. The van der Waals surface area contributed by atoms with E-state index in [0.717, 1.165) is 12.8 Å². The summed E-state index contributed by atoms with van der Waals surface area (Å²) < 4.78 is 5.08. The van der Waals surface area contributed by atoms with Crippen molar-refractivity contribution >= 4 is 23.7 Å². The molecule has 1 saturated carbocycles. The molecule has 0 bridgehead atoms. The molecule has 1 saturated heterocycles. The lowest BCUT2D eigenvalue weighted by atomic mass is 9.77. The lowest BCUT2D eigenvalue weighted by Gasteiger charge is -2.39. The van der Waals surface area contributed by atoms with Crippen LogP contribution in [0.4, 0.5) is 0 Å². The molecule has 0 spiro atoms. The smallest absolute Gasteiger partial charge is 0.311 e. The van der Waals surface area contributed by atoms with Crippen molar-refractivity contribution in [3.05, 3.63) is 35.9 Å². The molecule has 1 aromatic carbocycles. The molecule has 1 aliphatic heterocycles. The van der Waals surface area contributed by atoms with Crippen molar-refractivity contribution in [2.24, 2.45) is 17.8 Å². The van der Waals surface area contributed by atoms with Crippen molar-refractivity contribution in [1.82, 2.24) is 15.8 Å². The standard InChI is InChI=1S/C22H29N3O5/c1-14-7-6-10-18(15(14)2)25-12-17(11-20(25)27)22(29)30-13-19(26)23-24-21(28)16-8-4-3-5-9-16/h3-5,8-9,14-15,17-18H,6-7,10-13H2,1-2H3,(H,23,26)(H,24,28)/t14-,15+,17+,18-/m0/s1. The van der Waals surface area contributed by atoms with Crippen LogP contribution in [0, 0.1) is 17.8 Å². The van der Waals surface area contributed by atoms with Crippen molar-refractivity contribution in [3.8, 4) is 0 Å². The first-order chi connectivity index (χ1) is 14.4. The molecule has 8 nitrogen and oxygen atoms in total. The van der Waals surface area contributed by atoms with Crippen LogP contribution in [0.5, 0.6) is 0 Å². The highest BCUT2D eigenvalue weighted by Crippen LogP contribution is 2.35. The SMILES string of the molecule is C[C@@H]1[C@@H](C)CCC[C@@H]1N1C[C@H](C(=O)OCC(=O)NNC(=O)c2ccccc2)CC1=O. The van der Waals surface area contributed by atoms with Crippen LogP contribution in [0.25, 0.3) is 0 Å². The number of amides is 3. The van der Waals surface area contributed by atoms with Crippen molar-refractivity contribution < 1.29 is 23.9 Å². The molecule has 1 aromatic rings. The van der Waals surface area contributed by atoms with Gasteiger partial charge in [0.05, 0.1) is 5.92 Å². The molecule has 4 atom stereocenters. The van der Waals surface area contributed by atoms with Gasteiger partial charge >= 0.3 is 5.97 Å². The third kappa shape index (κ3) is 5.17. The van der Waals surface area contributed by atoms with Crippen LogP contribution in [-0.4, -0.2) is 47.8 Å². The number of nitrogens with zero attached hydrogens (tertiary/aromatic N) is 1. The maximum atomic E-state index is 12.5. The summed E-state index contributed by atoms with van der Waals surface area (Å²) in [6, 6.07) is 8.57. The third-order valence-corrected chi connectivity index (χ3v) is 6.25. The quantitative estimate of drug-likeness (QED) is 0.562. The number of nitrogens with one attached hydrogen (secondary N) is 2. The Morgan fingerprint density at radius 2 is 1.83 bits per heavy atom. The number of hydrazine groups is 1. The average Bonchev–Trinajstić information content (AvgIpc) is 3.14. The van der Waals surface area contributed by atoms with Gasteiger partial charge in [-0.1, -0.05) is 44.9 Å². The fourth-order valence-electron chi connectivity index (χ4n) is 4.28. The van der Waals surface area contributed by atoms with Gasteiger partial charge in [-0.15, -0.1) is 0 Å². The molecule has 2 aliphatic rings. The molecular weight excluding hydrogens is 386 g/mol. The minimum absolute atomic E-state index is 0.0255. The Hall–Kier alpha value is -2.90. The van der Waals surface area contributed by atoms with Gasteiger partial charge in [-0.3, -0.25) is 30.0 Å². The second-order valence-electron chi connectivity index (χ2n) is 8.26. The van der Waals surface area contributed by atoms with E-state index in [1.165, 1.54) is 6.42 Å². The van der Waals surface area contributed by atoms with Crippen LogP contribution in [0.3, 0.4) is 0 Å². The van der Waals surface area contributed by atoms with E-state index >= 15 is 0 Å². The van der Waals surface area contributed by atoms with Gasteiger partial charge in [-0.2, -0.15) is 0 Å². The van der Waals surface area contributed by atoms with Crippen molar-refractivity contribution in [1.29, 1.82) is 0 Å². The molecule has 0 unspecified atom stereocenters. The number of carbonyl (C=O) groups excluding carboxylic acids is 4. The minimum atomic E-state index is -0.650. The zero-order chi connectivity index (χ0) is 21.7. The van der Waals surface area contributed by atoms with Crippen molar-refractivity contribution in [3.63, 3.8) is 0 Å². The Morgan fingerprint density at radius 1 is 1.10 bits per heavy atom. The van der Waals surface area contributed by atoms with Crippen LogP contribution in [0.1, 0.15) is 49.9 Å². The maximum absolute atomic E-state index is 12.5. The molecule has 8 heteroatoms. The van der Waals surface area contributed by atoms with E-state index in [0.29, 0.717) is 23.9 Å². The summed E-state index contributed by atoms with van der Waals surface area (Å²) in [5.41, 5.74) is 4.87. The minimum Gasteiger partial charge on any atom is -0.455 e. The summed E-state index contributed by atoms with van der Waals surface area (Å²) in [6.45, 7) is 4.20. The largest absolute Gasteiger partial charge is 0.455 e. The van der Waals surface area contributed by atoms with Crippen LogP contribution >= 0.6 is 0 Å². The number of benzene rings is 1. The normalized spacial score (nSPS) is 26.2. The van der Waals surface area contributed by atoms with Gasteiger partial charge in [0.15, 0.2) is 6.61 Å². The van der Waals surface area contributed by atoms with Crippen LogP contribution < -0.4 is 10.9 Å². The van der Waals surface area contributed by atoms with Gasteiger partial charge in [0, 0.05) is 24.6 Å². The van der Waals surface area contributed by atoms with Crippen LogP contribution in [-0.2, 0) is 19.1 Å². The Bertz CT molecular complexity index is 797. The first kappa shape index (κ1) is 21.8. The molecule has 3 amide bonds. The summed E-state index contributed by atoms with van der Waals surface area (Å²) in [6.07, 6.45) is 3.33. The lowest BCUT2D eigenvalue weighted by Crippen LogP contribution is -2.45. The lowest BCUT2D eigenvalue weighted by molar-refractivity contribution is -0.152. The zero-order valence-electron chi connectivity index (χ0n) is 17.4. The van der Waals surface area contributed by atoms with Gasteiger partial charge < -0.3 is 9.64 Å². The highest BCUT2D eigenvalue weighted by atomic mass is 16.5. The van der Waals surface area contributed by atoms with Crippen LogP contribution in [0.2, 0.25) is 0 Å². The second-order valence-corrected chi connectivity index (χ2v) is 8.26. The zero-order valence-corrected chi connectivity index (χ0v) is 17.4. The molecule has 2 fully saturated rings. The Balaban J connectivity index is 1.43. The van der Waals surface area contributed by atoms with Crippen molar-refractivity contribution in [2.45, 2.75) is 45.6 Å². The average molecular weight is 415 g/mol. The molecule has 162 valence electrons. The number of hydrogen-bond acceptors (Lipinski definition) is 5. The molecule has 30 heavy (non-hydrogen) atoms. The van der Waals surface area contributed by atoms with E-state index < -0.39 is 30.3 Å². The van der Waals surface area contributed by atoms with E-state index in [2.05, 4.69) is 24.7 Å². The van der Waals surface area contributed by atoms with Gasteiger partial charge in [-0.05, 0) is 30.4 Å². The molecular formula is C22H29N3O5. The molecule has 0 aromatic heterocycles. The third-order valence-electron chi connectivity index (χ3n) is 6.25. The van der Waals surface area contributed by atoms with Gasteiger partial charge in [0.1, 0.15) is 0 Å². The number of likely N-dealkylation sites (tertiary alicyclic amines) is 1. The summed E-state index contributed by atoms with van der Waals surface area (Å²) in [7, 11) is 0. The Morgan fingerprint density at radius 3 is 2.57 bits per heavy atom. The molecule has 2 N–H and O–H groups in total. The monoisotopic (exact) mass is 415 g/mol. The predicted molar refractivity (Wildman–Crippen MR) is 109 cm³/mol. The summed E-state index contributed by atoms with van der Waals surface area (Å²) in [5.74, 6) is -1.32. The molecule has 0 radical (unpaired) electrons. The van der Waals surface area contributed by atoms with Crippen molar-refractivity contribution in [2.75, 3.05) is 13.2 Å². The number of esters is 1. The molecule has 1 aliphatic carbocycles. The van der Waals surface area contributed by atoms with Crippen LogP contribution in [0.15, 0.2) is 30.3 Å². The van der Waals surface area contributed by atoms with E-state index in [9.17, 15) is 19.2 Å². The Labute approximate surface area is 176 Å². The fraction of sp³-hybridized carbons (Fsp3) is 0.545. The fourth-order valence-corrected chi connectivity index (χ4v) is 4.28. The second kappa shape index (κ2) is 9.73. The van der Waals surface area contributed by atoms with Gasteiger partial charge in [-0.25, -0.2) is 0 Å². The highest BCUT2D eigenvalue weighted by molar-refractivity contribution is 5.95. The van der Waals surface area contributed by atoms with Gasteiger partial charge in [0.25, 0.3) is 11.8 Å². The first-order valence-electron chi connectivity index (χ1n) is 10.5. The number of hydrogen-bond donors (Lipinski definition) is 2. The summed E-state index contributed by atoms with van der Waals surface area (Å²) >= 11 is 0.